The highest BCUT2D eigenvalue weighted by Gasteiger charge is 2.29. The molecule has 0 fully saturated rings. The molecular formula is C15H20O3. The predicted octanol–water partition coefficient (Wildman–Crippen LogP) is 3.02. The van der Waals surface area contributed by atoms with Gasteiger partial charge in [0.1, 0.15) is 17.1 Å². The van der Waals surface area contributed by atoms with Crippen LogP contribution in [0.4, 0.5) is 0 Å². The molecule has 1 N–H and O–H groups in total. The van der Waals surface area contributed by atoms with Gasteiger partial charge in [-0.1, -0.05) is 6.92 Å². The van der Waals surface area contributed by atoms with Crippen LogP contribution in [0, 0.1) is 0 Å². The Labute approximate surface area is 108 Å². The average Bonchev–Trinajstić information content (AvgIpc) is 2.34. The van der Waals surface area contributed by atoms with Gasteiger partial charge in [-0.25, -0.2) is 0 Å². The zero-order valence-electron chi connectivity index (χ0n) is 11.4. The van der Waals surface area contributed by atoms with E-state index in [2.05, 4.69) is 0 Å². The van der Waals surface area contributed by atoms with E-state index in [0.717, 1.165) is 22.6 Å². The van der Waals surface area contributed by atoms with E-state index in [-0.39, 0.29) is 0 Å². The van der Waals surface area contributed by atoms with Gasteiger partial charge >= 0.3 is 0 Å². The van der Waals surface area contributed by atoms with Gasteiger partial charge < -0.3 is 14.6 Å². The summed E-state index contributed by atoms with van der Waals surface area (Å²) < 4.78 is 11.1. The van der Waals surface area contributed by atoms with E-state index in [1.54, 1.807) is 7.11 Å². The molecule has 1 aromatic carbocycles. The normalized spacial score (nSPS) is 18.4. The molecule has 0 spiro atoms. The molecular weight excluding hydrogens is 228 g/mol. The Morgan fingerprint density at radius 2 is 2.11 bits per heavy atom. The quantitative estimate of drug-likeness (QED) is 0.893. The maximum atomic E-state index is 10.1. The van der Waals surface area contributed by atoms with Gasteiger partial charge in [0.2, 0.25) is 0 Å². The Balaban J connectivity index is 2.51. The fourth-order valence-corrected chi connectivity index (χ4v) is 2.21. The average molecular weight is 248 g/mol. The van der Waals surface area contributed by atoms with E-state index >= 15 is 0 Å². The molecule has 1 aliphatic heterocycles. The van der Waals surface area contributed by atoms with Crippen LogP contribution < -0.4 is 9.47 Å². The third-order valence-electron chi connectivity index (χ3n) is 3.12. The minimum Gasteiger partial charge on any atom is -0.497 e. The first-order chi connectivity index (χ1) is 8.46. The number of benzene rings is 1. The first kappa shape index (κ1) is 13.0. The van der Waals surface area contributed by atoms with E-state index in [9.17, 15) is 5.11 Å². The van der Waals surface area contributed by atoms with Crippen molar-refractivity contribution in [2.75, 3.05) is 7.11 Å². The van der Waals surface area contributed by atoms with Crippen molar-refractivity contribution in [3.05, 3.63) is 29.8 Å². The first-order valence-electron chi connectivity index (χ1n) is 6.25. The van der Waals surface area contributed by atoms with Crippen molar-refractivity contribution in [1.82, 2.24) is 0 Å². The van der Waals surface area contributed by atoms with Gasteiger partial charge in [0, 0.05) is 11.6 Å². The minimum atomic E-state index is -0.458. The molecule has 0 saturated carbocycles. The largest absolute Gasteiger partial charge is 0.497 e. The van der Waals surface area contributed by atoms with Crippen molar-refractivity contribution in [3.63, 3.8) is 0 Å². The van der Waals surface area contributed by atoms with Crippen LogP contribution in [0.2, 0.25) is 0 Å². The Morgan fingerprint density at radius 3 is 2.72 bits per heavy atom. The zero-order valence-corrected chi connectivity index (χ0v) is 11.4. The molecule has 0 amide bonds. The summed E-state index contributed by atoms with van der Waals surface area (Å²) >= 11 is 0. The molecule has 98 valence electrons. The van der Waals surface area contributed by atoms with Gasteiger partial charge in [-0.3, -0.25) is 0 Å². The molecule has 0 radical (unpaired) electrons. The summed E-state index contributed by atoms with van der Waals surface area (Å²) in [5.41, 5.74) is 1.47. The molecule has 2 rings (SSSR count). The number of rotatable bonds is 3. The number of hydrogen-bond acceptors (Lipinski definition) is 3. The van der Waals surface area contributed by atoms with Gasteiger partial charge in [-0.2, -0.15) is 0 Å². The fourth-order valence-electron chi connectivity index (χ4n) is 2.21. The Morgan fingerprint density at radius 1 is 1.39 bits per heavy atom. The molecule has 0 bridgehead atoms. The fraction of sp³-hybridized carbons (Fsp3) is 0.467. The maximum absolute atomic E-state index is 10.1. The van der Waals surface area contributed by atoms with Gasteiger partial charge in [0.25, 0.3) is 0 Å². The van der Waals surface area contributed by atoms with Crippen LogP contribution in [0.3, 0.4) is 0 Å². The van der Waals surface area contributed by atoms with Gasteiger partial charge in [-0.15, -0.1) is 0 Å². The number of methoxy groups -OCH3 is 1. The van der Waals surface area contributed by atoms with Crippen LogP contribution in [0.15, 0.2) is 24.3 Å². The number of hydrogen-bond donors (Lipinski definition) is 1. The second kappa shape index (κ2) is 4.65. The lowest BCUT2D eigenvalue weighted by molar-refractivity contribution is 0.151. The summed E-state index contributed by atoms with van der Waals surface area (Å²) in [5, 5.41) is 10.1. The third-order valence-corrected chi connectivity index (χ3v) is 3.12. The van der Waals surface area contributed by atoms with Gasteiger partial charge in [0.15, 0.2) is 0 Å². The molecule has 0 saturated heterocycles. The SMILES string of the molecule is CCC(O)C1=CC(C)(C)Oc2cc(OC)ccc21. The Hall–Kier alpha value is -1.48. The van der Waals surface area contributed by atoms with Crippen LogP contribution >= 0.6 is 0 Å². The lowest BCUT2D eigenvalue weighted by Crippen LogP contribution is -2.31. The highest BCUT2D eigenvalue weighted by Crippen LogP contribution is 2.40. The van der Waals surface area contributed by atoms with Crippen molar-refractivity contribution < 1.29 is 14.6 Å². The van der Waals surface area contributed by atoms with Crippen LogP contribution in [-0.4, -0.2) is 23.9 Å². The third kappa shape index (κ3) is 2.36. The zero-order chi connectivity index (χ0) is 13.3. The van der Waals surface area contributed by atoms with Gasteiger partial charge in [-0.05, 0) is 44.1 Å². The smallest absolute Gasteiger partial charge is 0.131 e. The van der Waals surface area contributed by atoms with E-state index in [0.29, 0.717) is 6.42 Å². The van der Waals surface area contributed by atoms with Crippen LogP contribution in [-0.2, 0) is 0 Å². The van der Waals surface area contributed by atoms with Crippen molar-refractivity contribution in [1.29, 1.82) is 0 Å². The van der Waals surface area contributed by atoms with Gasteiger partial charge in [0.05, 0.1) is 13.2 Å². The standard InChI is InChI=1S/C15H20O3/c1-5-13(16)12-9-15(2,3)18-14-8-10(17-4)6-7-11(12)14/h6-9,13,16H,5H2,1-4H3. The number of aliphatic hydroxyl groups is 1. The summed E-state index contributed by atoms with van der Waals surface area (Å²) in [4.78, 5) is 0. The minimum absolute atomic E-state index is 0.412. The van der Waals surface area contributed by atoms with Crippen molar-refractivity contribution in [2.24, 2.45) is 0 Å². The Kier molecular flexibility index (Phi) is 3.35. The summed E-state index contributed by atoms with van der Waals surface area (Å²) in [7, 11) is 1.63. The second-order valence-electron chi connectivity index (χ2n) is 5.09. The number of aliphatic hydroxyl groups excluding tert-OH is 1. The molecule has 1 atom stereocenters. The number of ether oxygens (including phenoxy) is 2. The van der Waals surface area contributed by atoms with E-state index < -0.39 is 11.7 Å². The molecule has 1 unspecified atom stereocenters. The molecule has 18 heavy (non-hydrogen) atoms. The van der Waals surface area contributed by atoms with Crippen LogP contribution in [0.25, 0.3) is 5.57 Å². The summed E-state index contributed by atoms with van der Waals surface area (Å²) in [6, 6.07) is 5.69. The lowest BCUT2D eigenvalue weighted by atomic mass is 9.90. The van der Waals surface area contributed by atoms with Crippen molar-refractivity contribution in [2.45, 2.75) is 38.9 Å². The lowest BCUT2D eigenvalue weighted by Gasteiger charge is -2.32. The van der Waals surface area contributed by atoms with Crippen molar-refractivity contribution in [3.8, 4) is 11.5 Å². The molecule has 3 nitrogen and oxygen atoms in total. The predicted molar refractivity (Wildman–Crippen MR) is 72.0 cm³/mol. The van der Waals surface area contributed by atoms with Crippen molar-refractivity contribution >= 4 is 5.57 Å². The summed E-state index contributed by atoms with van der Waals surface area (Å²) in [5.74, 6) is 1.53. The summed E-state index contributed by atoms with van der Waals surface area (Å²) in [6.45, 7) is 5.94. The topological polar surface area (TPSA) is 38.7 Å². The molecule has 1 aromatic rings. The monoisotopic (exact) mass is 248 g/mol. The molecule has 1 heterocycles. The van der Waals surface area contributed by atoms with Crippen LogP contribution in [0.5, 0.6) is 11.5 Å². The highest BCUT2D eigenvalue weighted by atomic mass is 16.5. The van der Waals surface area contributed by atoms with Crippen LogP contribution in [0.1, 0.15) is 32.8 Å². The van der Waals surface area contributed by atoms with E-state index in [4.69, 9.17) is 9.47 Å². The summed E-state index contributed by atoms with van der Waals surface area (Å²) in [6.07, 6.45) is 2.23. The second-order valence-corrected chi connectivity index (χ2v) is 5.09. The Bertz CT molecular complexity index is 475. The van der Waals surface area contributed by atoms with E-state index in [1.165, 1.54) is 0 Å². The molecule has 1 aliphatic rings. The highest BCUT2D eigenvalue weighted by molar-refractivity contribution is 5.76. The number of fused-ring (bicyclic) bond motifs is 1. The first-order valence-corrected chi connectivity index (χ1v) is 6.25. The molecule has 3 heteroatoms. The maximum Gasteiger partial charge on any atom is 0.131 e. The van der Waals surface area contributed by atoms with E-state index in [1.807, 2.05) is 45.0 Å². The molecule has 0 aromatic heterocycles. The molecule has 0 aliphatic carbocycles.